The molecule has 4 heterocycles. The molecule has 2 fully saturated rings. The molecule has 2 aromatic heterocycles. The Morgan fingerprint density at radius 1 is 0.591 bits per heavy atom. The number of nitrogen functional groups attached to an aromatic ring is 2. The number of imidazole rings is 2. The van der Waals surface area contributed by atoms with Gasteiger partial charge >= 0.3 is 36.9 Å². The zero-order valence-electron chi connectivity index (χ0n) is 61.3. The summed E-state index contributed by atoms with van der Waals surface area (Å²) in [6.45, 7) is 5.03. The Labute approximate surface area is 651 Å². The van der Waals surface area contributed by atoms with Gasteiger partial charge in [-0.1, -0.05) is 6.92 Å². The van der Waals surface area contributed by atoms with Gasteiger partial charge in [0.25, 0.3) is 0 Å². The van der Waals surface area contributed by atoms with Crippen LogP contribution in [0, 0.1) is 0 Å². The van der Waals surface area contributed by atoms with Gasteiger partial charge in [0.2, 0.25) is 11.9 Å². The number of alkyl halides is 18. The van der Waals surface area contributed by atoms with Gasteiger partial charge in [0.05, 0.1) is 93.5 Å². The first-order valence-electron chi connectivity index (χ1n) is 33.4. The van der Waals surface area contributed by atoms with Crippen LogP contribution in [0.1, 0.15) is 63.9 Å². The summed E-state index contributed by atoms with van der Waals surface area (Å²) in [5, 5.41) is 18.6. The minimum absolute atomic E-state index is 0.114. The first-order valence-corrected chi connectivity index (χ1v) is 35.8. The number of carboxylic acids is 1. The quantitative estimate of drug-likeness (QED) is 0.00574. The van der Waals surface area contributed by atoms with Crippen LogP contribution in [0.4, 0.5) is 94.8 Å². The number of nitrogens with one attached hydrogen (secondary N) is 4. The molecule has 622 valence electrons. The summed E-state index contributed by atoms with van der Waals surface area (Å²) >= 11 is 25.6. The number of aryl methyl sites for hydroxylation is 3. The topological polar surface area (TPSA) is 266 Å². The van der Waals surface area contributed by atoms with Crippen LogP contribution in [-0.2, 0) is 25.3 Å². The number of aliphatic imine (C=N–C) groups is 1. The van der Waals surface area contributed by atoms with Crippen molar-refractivity contribution in [2.75, 3.05) is 165 Å². The summed E-state index contributed by atoms with van der Waals surface area (Å²) < 4.78 is 223. The first kappa shape index (κ1) is 98.2. The summed E-state index contributed by atoms with van der Waals surface area (Å²) in [4.78, 5) is 23.8. The number of carboxylic acid groups (broad SMARTS) is 1. The Kier molecular flexibility index (Phi) is 44.2. The molecule has 43 heteroatoms. The molecular weight excluding hydrogens is 1600 g/mol. The summed E-state index contributed by atoms with van der Waals surface area (Å²) in [6, 6.07) is 13.6. The predicted octanol–water partition coefficient (Wildman–Crippen LogP) is 15.6. The smallest absolute Gasteiger partial charge is 0.490 e. The molecule has 0 spiro atoms. The Hall–Kier alpha value is -7.88. The molecule has 0 amide bonds. The zero-order chi connectivity index (χ0) is 83.0. The highest BCUT2D eigenvalue weighted by atomic mass is 35.5. The molecular formula is C67H91Cl3F15N13O10S2. The Morgan fingerprint density at radius 2 is 0.973 bits per heavy atom. The van der Waals surface area contributed by atoms with E-state index in [9.17, 15) is 65.9 Å². The molecule has 23 nitrogen and oxygen atoms in total. The maximum atomic E-state index is 12.5. The number of ether oxygens (including phenoxy) is 8. The lowest BCUT2D eigenvalue weighted by Crippen LogP contribution is -2.42. The van der Waals surface area contributed by atoms with E-state index in [2.05, 4.69) is 60.3 Å². The monoisotopic (exact) mass is 1690 g/mol. The van der Waals surface area contributed by atoms with E-state index in [4.69, 9.17) is 106 Å². The van der Waals surface area contributed by atoms with Crippen molar-refractivity contribution in [3.63, 3.8) is 0 Å². The molecule has 2 saturated heterocycles. The number of fused-ring (bicyclic) bond motifs is 2. The second-order valence-corrected chi connectivity index (χ2v) is 24.8. The van der Waals surface area contributed by atoms with Crippen LogP contribution in [0.3, 0.4) is 0 Å². The van der Waals surface area contributed by atoms with Gasteiger partial charge in [-0.15, -0.1) is 34.8 Å². The highest BCUT2D eigenvalue weighted by molar-refractivity contribution is 7.80. The molecule has 9 N–H and O–H groups in total. The van der Waals surface area contributed by atoms with Crippen molar-refractivity contribution < 1.29 is 114 Å². The van der Waals surface area contributed by atoms with Crippen molar-refractivity contribution in [1.29, 1.82) is 0 Å². The van der Waals surface area contributed by atoms with E-state index in [1.807, 2.05) is 12.1 Å². The lowest BCUT2D eigenvalue weighted by molar-refractivity contribution is -0.192. The molecule has 0 saturated carbocycles. The van der Waals surface area contributed by atoms with E-state index in [-0.39, 0.29) is 22.7 Å². The minimum Gasteiger partial charge on any atom is -0.493 e. The van der Waals surface area contributed by atoms with Gasteiger partial charge in [-0.2, -0.15) is 65.9 Å². The molecule has 110 heavy (non-hydrogen) atoms. The Morgan fingerprint density at radius 3 is 1.31 bits per heavy atom. The second-order valence-electron chi connectivity index (χ2n) is 23.1. The number of hydrogen-bond donors (Lipinski definition) is 7. The maximum Gasteiger partial charge on any atom is 0.490 e. The predicted molar refractivity (Wildman–Crippen MR) is 403 cm³/mol. The molecule has 4 aromatic carbocycles. The average molecular weight is 1690 g/mol. The summed E-state index contributed by atoms with van der Waals surface area (Å²) in [5.41, 5.74) is 16.7. The molecule has 2 aliphatic heterocycles. The minimum atomic E-state index is -5.08. The van der Waals surface area contributed by atoms with Gasteiger partial charge in [0.1, 0.15) is 26.2 Å². The number of rotatable bonds is 29. The molecule has 0 unspecified atom stereocenters. The van der Waals surface area contributed by atoms with Gasteiger partial charge in [0, 0.05) is 93.5 Å². The molecule has 0 aliphatic carbocycles. The van der Waals surface area contributed by atoms with Crippen LogP contribution in [0.25, 0.3) is 22.1 Å². The molecule has 0 atom stereocenters. The number of aromatic nitrogens is 4. The lowest BCUT2D eigenvalue weighted by atomic mass is 10.1. The Balaban J connectivity index is 0.000000462. The summed E-state index contributed by atoms with van der Waals surface area (Å²) in [5.74, 6) is 3.29. The molecule has 8 rings (SSSR count). The maximum absolute atomic E-state index is 12.5. The van der Waals surface area contributed by atoms with E-state index in [0.29, 0.717) is 125 Å². The largest absolute Gasteiger partial charge is 0.493 e. The highest BCUT2D eigenvalue weighted by Gasteiger charge is 2.38. The first-order chi connectivity index (χ1) is 51.6. The van der Waals surface area contributed by atoms with E-state index in [1.54, 1.807) is 61.3 Å². The van der Waals surface area contributed by atoms with Crippen LogP contribution in [0.2, 0.25) is 0 Å². The number of aliphatic carboxylic acids is 1. The number of carbonyl (C=O) groups is 1. The third-order valence-electron chi connectivity index (χ3n) is 14.7. The van der Waals surface area contributed by atoms with Crippen molar-refractivity contribution in [3.8, 4) is 46.0 Å². The number of benzene rings is 4. The molecule has 6 aromatic rings. The van der Waals surface area contributed by atoms with E-state index in [0.717, 1.165) is 55.9 Å². The number of thiocarbonyl (C=S) groups is 2. The van der Waals surface area contributed by atoms with Gasteiger partial charge in [-0.25, -0.2) is 19.8 Å². The SMILES string of the molecule is C1CCNC1.CCc1cc(OC)c(OCCCCl)cc1N.COc1cc(N(C)C(=S)NCC(F)(F)F)c(N)cc1OCCCCl.COc1cc2c(cc1OCCCCl)nc(NCC(F)(F)F)n2C.COc1cc2c(cc1OCCCN1CCCC1)nc(NCC(F)(F)F)n2C.FC(F)(F)CN=C=S.O=C(O)C(F)(F)F. The van der Waals surface area contributed by atoms with Crippen LogP contribution in [0.15, 0.2) is 53.5 Å². The van der Waals surface area contributed by atoms with Crippen molar-refractivity contribution >= 4 is 127 Å². The second kappa shape index (κ2) is 49.5. The van der Waals surface area contributed by atoms with Gasteiger partial charge in [0.15, 0.2) is 51.1 Å². The number of methoxy groups -OCH3 is 4. The number of isothiocyanates is 1. The number of nitrogens with zero attached hydrogens (tertiary/aromatic N) is 7. The molecule has 2 aliphatic rings. The van der Waals surface area contributed by atoms with Gasteiger partial charge in [-0.3, -0.25) is 0 Å². The number of likely N-dealkylation sites (tertiary alicyclic amines) is 1. The van der Waals surface area contributed by atoms with Crippen molar-refractivity contribution in [2.45, 2.75) is 95.6 Å². The number of hydrogen-bond acceptors (Lipinski definition) is 20. The lowest BCUT2D eigenvalue weighted by Gasteiger charge is -2.24. The normalized spacial score (nSPS) is 12.7. The summed E-state index contributed by atoms with van der Waals surface area (Å²) in [6.07, 6.45) is -13.1. The van der Waals surface area contributed by atoms with E-state index in [1.165, 1.54) is 82.7 Å². The standard InChI is InChI=1S/C18H25F3N4O2.C14H19ClF3N3O2S.C14H17ClF3N3O2.C12H18ClNO2.C4H9N.C3H2F3NS.C2HF3O2/c1-24-14-11-15(26-2)16(27-9-5-8-25-6-3-4-7-25)10-13(14)23-17(24)22-12-18(19,20)21;1-21(13(24)20-8-14(16,17)18)10-7-11(22-2)12(6-9(10)19)23-5-3-4-15;1-21-10-7-11(22-2)12(23-5-3-4-15)6-9(10)20-13(21)19-8-14(16,17)18;1-3-9-7-11(15-2)12(8-10(9)14)16-6-4-5-13;1-2-4-5-3-1;4-3(5,6)1-7-2-8;3-2(4,5)1(6)7/h10-11H,3-9,12H2,1-2H3,(H,22,23);6-7H,3-5,8,19H2,1-2H3,(H,20,24);6-7H,3-5,8H2,1-2H3,(H,19,20);7-8H,3-6,14H2,1-2H3;5H,1-4H2;1H2;(H,6,7). The number of nitrogens with two attached hydrogens (primary N) is 2. The van der Waals surface area contributed by atoms with Crippen LogP contribution in [-0.4, -0.2) is 215 Å². The summed E-state index contributed by atoms with van der Waals surface area (Å²) in [7, 11) is 10.9. The van der Waals surface area contributed by atoms with Gasteiger partial charge in [-0.05, 0) is 120 Å². The average Bonchev–Trinajstić information content (AvgIpc) is 1.62. The fraction of sp³-hybridized carbons (Fsp3) is 0.567. The van der Waals surface area contributed by atoms with Crippen molar-refractivity contribution in [3.05, 3.63) is 54.1 Å². The highest BCUT2D eigenvalue weighted by Crippen LogP contribution is 2.39. The van der Waals surface area contributed by atoms with Crippen molar-refractivity contribution in [2.24, 2.45) is 19.1 Å². The molecule has 0 radical (unpaired) electrons. The molecule has 0 bridgehead atoms. The van der Waals surface area contributed by atoms with Crippen LogP contribution in [0.5, 0.6) is 46.0 Å². The van der Waals surface area contributed by atoms with Crippen LogP contribution < -0.4 is 75.5 Å². The third-order valence-corrected chi connectivity index (χ3v) is 16.0. The van der Waals surface area contributed by atoms with Crippen LogP contribution >= 0.6 is 59.2 Å². The number of halogens is 18. The van der Waals surface area contributed by atoms with Gasteiger partial charge < -0.3 is 94.7 Å². The van der Waals surface area contributed by atoms with E-state index < -0.39 is 63.0 Å². The fourth-order valence-electron chi connectivity index (χ4n) is 9.28. The van der Waals surface area contributed by atoms with Crippen molar-refractivity contribution in [1.82, 2.24) is 34.6 Å². The number of anilines is 5. The van der Waals surface area contributed by atoms with E-state index >= 15 is 0 Å². The Bertz CT molecular complexity index is 3770. The fourth-order valence-corrected chi connectivity index (χ4v) is 9.84. The zero-order valence-corrected chi connectivity index (χ0v) is 65.2. The third kappa shape index (κ3) is 37.9.